The molecule has 0 saturated heterocycles. The monoisotopic (exact) mass is 122 g/mol. The van der Waals surface area contributed by atoms with Gasteiger partial charge >= 0.3 is 60.4 Å². The predicted octanol–water partition coefficient (Wildman–Crippen LogP) is -2.14. The normalized spacial score (nSPS) is 5.50. The first-order valence-electron chi connectivity index (χ1n) is 1.11. The molecule has 0 saturated carbocycles. The predicted molar refractivity (Wildman–Crippen MR) is 29.6 cm³/mol. The number of carbonyl (C=O) groups is 2. The van der Waals surface area contributed by atoms with Gasteiger partial charge in [-0.15, -0.1) is 0 Å². The quantitative estimate of drug-likeness (QED) is 0.284. The Morgan fingerprint density at radius 1 is 1.00 bits per heavy atom. The number of carboxylic acid groups (broad SMARTS) is 2. The van der Waals surface area contributed by atoms with E-state index in [2.05, 4.69) is 0 Å². The Morgan fingerprint density at radius 3 is 1.12 bits per heavy atom. The molecule has 0 heterocycles. The second-order valence-corrected chi connectivity index (χ2v) is 0.610. The molecule has 0 unspecified atom stereocenters. The van der Waals surface area contributed by atoms with Gasteiger partial charge in [-0.1, -0.05) is 0 Å². The van der Waals surface area contributed by atoms with Crippen LogP contribution < -0.4 is 0 Å². The molecule has 0 aliphatic carbocycles. The van der Waals surface area contributed by atoms with Gasteiger partial charge < -0.3 is 10.2 Å². The van der Waals surface area contributed by atoms with E-state index in [1.54, 1.807) is 0 Å². The first-order chi connectivity index (χ1) is 2.64. The van der Waals surface area contributed by atoms with Crippen LogP contribution in [0, 0.1) is 0 Å². The molecule has 0 aliphatic heterocycles. The van der Waals surface area contributed by atoms with E-state index < -0.39 is 11.9 Å². The molecule has 0 aromatic heterocycles. The average molecular weight is 122 g/mol. The Hall–Kier alpha value is 0.537. The first kappa shape index (κ1) is 15.8. The zero-order chi connectivity index (χ0) is 5.15. The summed E-state index contributed by atoms with van der Waals surface area (Å²) >= 11 is 0. The van der Waals surface area contributed by atoms with Crippen molar-refractivity contribution in [2.45, 2.75) is 0 Å². The van der Waals surface area contributed by atoms with E-state index in [-0.39, 0.29) is 48.4 Å². The molecule has 4 nitrogen and oxygen atoms in total. The van der Waals surface area contributed by atoms with Crippen LogP contribution in [0.25, 0.3) is 0 Å². The number of carboxylic acids is 2. The molecular formula is C2H4LiNaO4. The SMILES string of the molecule is O=C(O)C(=O)O.[LiH].[NaH]. The molecule has 0 fully saturated rings. The molecule has 0 atom stereocenters. The summed E-state index contributed by atoms with van der Waals surface area (Å²) in [6.45, 7) is 0. The first-order valence-corrected chi connectivity index (χ1v) is 1.11. The third kappa shape index (κ3) is 9.74. The molecule has 0 spiro atoms. The van der Waals surface area contributed by atoms with Crippen molar-refractivity contribution in [3.8, 4) is 0 Å². The van der Waals surface area contributed by atoms with Crippen molar-refractivity contribution >= 4 is 60.4 Å². The molecule has 0 amide bonds. The van der Waals surface area contributed by atoms with Crippen LogP contribution in [-0.2, 0) is 9.59 Å². The van der Waals surface area contributed by atoms with Gasteiger partial charge in [-0.3, -0.25) is 0 Å². The summed E-state index contributed by atoms with van der Waals surface area (Å²) in [5.41, 5.74) is 0. The van der Waals surface area contributed by atoms with Gasteiger partial charge in [-0.2, -0.15) is 0 Å². The van der Waals surface area contributed by atoms with Gasteiger partial charge in [0, 0.05) is 0 Å². The van der Waals surface area contributed by atoms with Crippen molar-refractivity contribution in [3.05, 3.63) is 0 Å². The molecular weight excluding hydrogens is 118 g/mol. The fourth-order valence-electron chi connectivity index (χ4n) is 0. The van der Waals surface area contributed by atoms with Crippen molar-refractivity contribution in [2.75, 3.05) is 0 Å². The number of rotatable bonds is 0. The fraction of sp³-hybridized carbons (Fsp3) is 0. The summed E-state index contributed by atoms with van der Waals surface area (Å²) in [5, 5.41) is 14.8. The van der Waals surface area contributed by atoms with E-state index in [4.69, 9.17) is 19.8 Å². The van der Waals surface area contributed by atoms with Gasteiger partial charge in [-0.05, 0) is 0 Å². The molecule has 0 radical (unpaired) electrons. The molecule has 38 valence electrons. The zero-order valence-electron chi connectivity index (χ0n) is 2.71. The molecule has 2 N–H and O–H groups in total. The topological polar surface area (TPSA) is 74.6 Å². The van der Waals surface area contributed by atoms with Gasteiger partial charge in [0.15, 0.2) is 0 Å². The summed E-state index contributed by atoms with van der Waals surface area (Å²) < 4.78 is 0. The van der Waals surface area contributed by atoms with Gasteiger partial charge in [-0.25, -0.2) is 9.59 Å². The van der Waals surface area contributed by atoms with Crippen molar-refractivity contribution < 1.29 is 19.8 Å². The van der Waals surface area contributed by atoms with E-state index in [0.717, 1.165) is 0 Å². The average Bonchev–Trinajstić information content (AvgIpc) is 1.36. The van der Waals surface area contributed by atoms with Crippen LogP contribution in [0.2, 0.25) is 0 Å². The van der Waals surface area contributed by atoms with Crippen LogP contribution in [-0.4, -0.2) is 70.6 Å². The van der Waals surface area contributed by atoms with E-state index in [1.807, 2.05) is 0 Å². The van der Waals surface area contributed by atoms with Crippen molar-refractivity contribution in [3.63, 3.8) is 0 Å². The Balaban J connectivity index is -0.000000125. The van der Waals surface area contributed by atoms with Crippen LogP contribution in [0.3, 0.4) is 0 Å². The Bertz CT molecular complexity index is 80.0. The van der Waals surface area contributed by atoms with E-state index >= 15 is 0 Å². The number of hydrogen-bond acceptors (Lipinski definition) is 2. The van der Waals surface area contributed by atoms with Crippen molar-refractivity contribution in [1.82, 2.24) is 0 Å². The molecule has 6 heteroatoms. The van der Waals surface area contributed by atoms with Crippen LogP contribution in [0.5, 0.6) is 0 Å². The third-order valence-electron chi connectivity index (χ3n) is 0.183. The maximum atomic E-state index is 9.10. The number of aliphatic carboxylic acids is 2. The van der Waals surface area contributed by atoms with Gasteiger partial charge in [0.1, 0.15) is 0 Å². The van der Waals surface area contributed by atoms with Crippen molar-refractivity contribution in [2.24, 2.45) is 0 Å². The van der Waals surface area contributed by atoms with Crippen LogP contribution >= 0.6 is 0 Å². The summed E-state index contributed by atoms with van der Waals surface area (Å²) in [6.07, 6.45) is 0. The molecule has 8 heavy (non-hydrogen) atoms. The maximum absolute atomic E-state index is 9.10. The van der Waals surface area contributed by atoms with E-state index in [1.165, 1.54) is 0 Å². The number of hydrogen-bond donors (Lipinski definition) is 2. The molecule has 0 rings (SSSR count). The van der Waals surface area contributed by atoms with Crippen LogP contribution in [0.1, 0.15) is 0 Å². The van der Waals surface area contributed by atoms with Crippen LogP contribution in [0.15, 0.2) is 0 Å². The fourth-order valence-corrected chi connectivity index (χ4v) is 0. The summed E-state index contributed by atoms with van der Waals surface area (Å²) in [5.74, 6) is -3.65. The summed E-state index contributed by atoms with van der Waals surface area (Å²) in [7, 11) is 0. The van der Waals surface area contributed by atoms with Gasteiger partial charge in [0.25, 0.3) is 0 Å². The van der Waals surface area contributed by atoms with Crippen LogP contribution in [0.4, 0.5) is 0 Å². The van der Waals surface area contributed by atoms with E-state index in [0.29, 0.717) is 0 Å². The minimum absolute atomic E-state index is 0. The van der Waals surface area contributed by atoms with Gasteiger partial charge in [0.05, 0.1) is 0 Å². The molecule has 0 aromatic carbocycles. The Kier molecular flexibility index (Phi) is 14.9. The van der Waals surface area contributed by atoms with E-state index in [9.17, 15) is 0 Å². The zero-order valence-corrected chi connectivity index (χ0v) is 2.71. The second kappa shape index (κ2) is 7.54. The Morgan fingerprint density at radius 2 is 1.12 bits per heavy atom. The molecule has 0 aromatic rings. The van der Waals surface area contributed by atoms with Gasteiger partial charge in [0.2, 0.25) is 0 Å². The Labute approximate surface area is 79.7 Å². The summed E-state index contributed by atoms with van der Waals surface area (Å²) in [4.78, 5) is 18.2. The minimum atomic E-state index is -1.82. The standard InChI is InChI=1S/C2H2O4.Li.Na.2H/c3-1(4)2(5)6;;;;/h(H,3,4)(H,5,6);;;;. The summed E-state index contributed by atoms with van der Waals surface area (Å²) in [6, 6.07) is 0. The molecule has 0 bridgehead atoms. The second-order valence-electron chi connectivity index (χ2n) is 0.610. The molecule has 0 aliphatic rings. The van der Waals surface area contributed by atoms with Crippen molar-refractivity contribution in [1.29, 1.82) is 0 Å². The third-order valence-corrected chi connectivity index (χ3v) is 0.183.